The SMILES string of the molecule is CCn1ncnc1CNC(CO)Cc1ccccc1. The van der Waals surface area contributed by atoms with Gasteiger partial charge in [0, 0.05) is 12.6 Å². The first kappa shape index (κ1) is 13.7. The molecule has 1 aromatic heterocycles. The zero-order valence-corrected chi connectivity index (χ0v) is 11.2. The van der Waals surface area contributed by atoms with Gasteiger partial charge in [0.05, 0.1) is 13.2 Å². The number of benzene rings is 1. The van der Waals surface area contributed by atoms with Crippen molar-refractivity contribution in [2.24, 2.45) is 0 Å². The smallest absolute Gasteiger partial charge is 0.140 e. The Kier molecular flexibility index (Phi) is 5.06. The van der Waals surface area contributed by atoms with Crippen molar-refractivity contribution >= 4 is 0 Å². The van der Waals surface area contributed by atoms with Crippen molar-refractivity contribution in [3.8, 4) is 0 Å². The molecule has 0 saturated carbocycles. The van der Waals surface area contributed by atoms with Crippen molar-refractivity contribution in [3.05, 3.63) is 48.0 Å². The van der Waals surface area contributed by atoms with Crippen LogP contribution in [0.2, 0.25) is 0 Å². The van der Waals surface area contributed by atoms with E-state index in [1.54, 1.807) is 6.33 Å². The highest BCUT2D eigenvalue weighted by atomic mass is 16.3. The monoisotopic (exact) mass is 260 g/mol. The molecule has 0 aliphatic carbocycles. The van der Waals surface area contributed by atoms with Gasteiger partial charge >= 0.3 is 0 Å². The second-order valence-electron chi connectivity index (χ2n) is 4.44. The van der Waals surface area contributed by atoms with E-state index in [4.69, 9.17) is 0 Å². The van der Waals surface area contributed by atoms with Crippen LogP contribution in [0, 0.1) is 0 Å². The third kappa shape index (κ3) is 3.87. The zero-order chi connectivity index (χ0) is 13.5. The first-order valence-electron chi connectivity index (χ1n) is 6.58. The normalized spacial score (nSPS) is 12.5. The molecule has 0 saturated heterocycles. The van der Waals surface area contributed by atoms with Gasteiger partial charge in [0.25, 0.3) is 0 Å². The van der Waals surface area contributed by atoms with E-state index < -0.39 is 0 Å². The van der Waals surface area contributed by atoms with Gasteiger partial charge in [-0.25, -0.2) is 9.67 Å². The summed E-state index contributed by atoms with van der Waals surface area (Å²) in [7, 11) is 0. The number of aliphatic hydroxyl groups excluding tert-OH is 1. The third-order valence-corrected chi connectivity index (χ3v) is 3.09. The Balaban J connectivity index is 1.89. The van der Waals surface area contributed by atoms with Crippen molar-refractivity contribution in [2.75, 3.05) is 6.61 Å². The summed E-state index contributed by atoms with van der Waals surface area (Å²) in [5, 5.41) is 16.9. The molecule has 1 unspecified atom stereocenters. The van der Waals surface area contributed by atoms with Crippen molar-refractivity contribution < 1.29 is 5.11 Å². The predicted molar refractivity (Wildman–Crippen MR) is 73.6 cm³/mol. The molecule has 5 nitrogen and oxygen atoms in total. The summed E-state index contributed by atoms with van der Waals surface area (Å²) in [4.78, 5) is 4.21. The topological polar surface area (TPSA) is 63.0 Å². The van der Waals surface area contributed by atoms with Gasteiger partial charge in [-0.15, -0.1) is 0 Å². The van der Waals surface area contributed by atoms with Crippen LogP contribution < -0.4 is 5.32 Å². The van der Waals surface area contributed by atoms with Crippen molar-refractivity contribution in [1.29, 1.82) is 0 Å². The molecule has 0 aliphatic heterocycles. The molecule has 5 heteroatoms. The number of hydrogen-bond acceptors (Lipinski definition) is 4. The van der Waals surface area contributed by atoms with E-state index >= 15 is 0 Å². The number of hydrogen-bond donors (Lipinski definition) is 2. The van der Waals surface area contributed by atoms with Crippen molar-refractivity contribution in [3.63, 3.8) is 0 Å². The van der Waals surface area contributed by atoms with E-state index in [2.05, 4.69) is 27.5 Å². The van der Waals surface area contributed by atoms with Crippen LogP contribution in [0.1, 0.15) is 18.3 Å². The quantitative estimate of drug-likeness (QED) is 0.779. The summed E-state index contributed by atoms with van der Waals surface area (Å²) >= 11 is 0. The molecule has 0 aliphatic rings. The lowest BCUT2D eigenvalue weighted by Gasteiger charge is -2.16. The van der Waals surface area contributed by atoms with Crippen LogP contribution in [0.3, 0.4) is 0 Å². The van der Waals surface area contributed by atoms with Gasteiger partial charge in [0.2, 0.25) is 0 Å². The first-order valence-corrected chi connectivity index (χ1v) is 6.58. The number of aliphatic hydroxyl groups is 1. The van der Waals surface area contributed by atoms with Gasteiger partial charge in [-0.1, -0.05) is 30.3 Å². The molecule has 1 heterocycles. The summed E-state index contributed by atoms with van der Waals surface area (Å²) in [6.07, 6.45) is 2.36. The molecular formula is C14H20N4O. The molecule has 0 amide bonds. The van der Waals surface area contributed by atoms with Gasteiger partial charge in [-0.05, 0) is 18.9 Å². The highest BCUT2D eigenvalue weighted by molar-refractivity contribution is 5.15. The number of aryl methyl sites for hydroxylation is 1. The average molecular weight is 260 g/mol. The molecule has 2 rings (SSSR count). The fraction of sp³-hybridized carbons (Fsp3) is 0.429. The minimum Gasteiger partial charge on any atom is -0.395 e. The van der Waals surface area contributed by atoms with Gasteiger partial charge in [-0.3, -0.25) is 0 Å². The van der Waals surface area contributed by atoms with E-state index in [9.17, 15) is 5.11 Å². The Morgan fingerprint density at radius 3 is 2.79 bits per heavy atom. The number of nitrogens with zero attached hydrogens (tertiary/aromatic N) is 3. The standard InChI is InChI=1S/C14H20N4O/c1-2-18-14(16-11-17-18)9-15-13(10-19)8-12-6-4-3-5-7-12/h3-7,11,13,15,19H,2,8-10H2,1H3. The highest BCUT2D eigenvalue weighted by Gasteiger charge is 2.10. The Morgan fingerprint density at radius 2 is 2.11 bits per heavy atom. The predicted octanol–water partition coefficient (Wildman–Crippen LogP) is 0.991. The number of rotatable bonds is 7. The fourth-order valence-electron chi connectivity index (χ4n) is 2.02. The van der Waals surface area contributed by atoms with Crippen molar-refractivity contribution in [1.82, 2.24) is 20.1 Å². The van der Waals surface area contributed by atoms with Crippen LogP contribution in [0.25, 0.3) is 0 Å². The van der Waals surface area contributed by atoms with Crippen LogP contribution in [0.5, 0.6) is 0 Å². The molecule has 102 valence electrons. The lowest BCUT2D eigenvalue weighted by molar-refractivity contribution is 0.239. The highest BCUT2D eigenvalue weighted by Crippen LogP contribution is 2.04. The summed E-state index contributed by atoms with van der Waals surface area (Å²) in [6, 6.07) is 10.2. The van der Waals surface area contributed by atoms with Crippen molar-refractivity contribution in [2.45, 2.75) is 32.5 Å². The van der Waals surface area contributed by atoms with E-state index in [0.717, 1.165) is 18.8 Å². The Labute approximate surface area is 113 Å². The maximum atomic E-state index is 9.44. The average Bonchev–Trinajstić information content (AvgIpc) is 2.92. The Bertz CT molecular complexity index is 483. The molecule has 2 N–H and O–H groups in total. The maximum absolute atomic E-state index is 9.44. The van der Waals surface area contributed by atoms with Crippen LogP contribution in [0.15, 0.2) is 36.7 Å². The fourth-order valence-corrected chi connectivity index (χ4v) is 2.02. The number of nitrogens with one attached hydrogen (secondary N) is 1. The van der Waals surface area contributed by atoms with Gasteiger partial charge in [-0.2, -0.15) is 5.10 Å². The van der Waals surface area contributed by atoms with E-state index in [1.807, 2.05) is 29.8 Å². The molecule has 1 aromatic carbocycles. The second-order valence-corrected chi connectivity index (χ2v) is 4.44. The Morgan fingerprint density at radius 1 is 1.32 bits per heavy atom. The summed E-state index contributed by atoms with van der Waals surface area (Å²) < 4.78 is 1.85. The minimum atomic E-state index is 0.0319. The summed E-state index contributed by atoms with van der Waals surface area (Å²) in [5.74, 6) is 0.897. The lowest BCUT2D eigenvalue weighted by Crippen LogP contribution is -2.34. The minimum absolute atomic E-state index is 0.0319. The van der Waals surface area contributed by atoms with Crippen LogP contribution in [-0.2, 0) is 19.5 Å². The Hall–Kier alpha value is -1.72. The van der Waals surface area contributed by atoms with Crippen LogP contribution in [-0.4, -0.2) is 32.5 Å². The zero-order valence-electron chi connectivity index (χ0n) is 11.2. The third-order valence-electron chi connectivity index (χ3n) is 3.09. The van der Waals surface area contributed by atoms with Gasteiger partial charge < -0.3 is 10.4 Å². The van der Waals surface area contributed by atoms with Gasteiger partial charge in [0.1, 0.15) is 12.2 Å². The largest absolute Gasteiger partial charge is 0.395 e. The summed E-state index contributed by atoms with van der Waals surface area (Å²) in [6.45, 7) is 3.56. The molecular weight excluding hydrogens is 240 g/mol. The molecule has 0 spiro atoms. The molecule has 1 atom stereocenters. The van der Waals surface area contributed by atoms with Crippen LogP contribution in [0.4, 0.5) is 0 Å². The molecule has 0 bridgehead atoms. The first-order chi connectivity index (χ1) is 9.33. The summed E-state index contributed by atoms with van der Waals surface area (Å²) in [5.41, 5.74) is 1.21. The molecule has 2 aromatic rings. The maximum Gasteiger partial charge on any atom is 0.140 e. The lowest BCUT2D eigenvalue weighted by atomic mass is 10.1. The molecule has 0 fully saturated rings. The second kappa shape index (κ2) is 7.01. The van der Waals surface area contributed by atoms with Gasteiger partial charge in [0.15, 0.2) is 0 Å². The van der Waals surface area contributed by atoms with Crippen LogP contribution >= 0.6 is 0 Å². The molecule has 19 heavy (non-hydrogen) atoms. The molecule has 0 radical (unpaired) electrons. The van der Waals surface area contributed by atoms with E-state index in [1.165, 1.54) is 5.56 Å². The number of aromatic nitrogens is 3. The van der Waals surface area contributed by atoms with E-state index in [0.29, 0.717) is 6.54 Å². The van der Waals surface area contributed by atoms with E-state index in [-0.39, 0.29) is 12.6 Å².